The number of alkyl halides is 2. The monoisotopic (exact) mass is 545 g/mol. The number of hydrogen-bond donors (Lipinski definition) is 2. The first-order valence-electron chi connectivity index (χ1n) is 13.3. The molecule has 0 radical (unpaired) electrons. The van der Waals surface area contributed by atoms with Gasteiger partial charge in [-0.3, -0.25) is 9.78 Å². The largest absolute Gasteiger partial charge is 0.493 e. The van der Waals surface area contributed by atoms with Crippen molar-refractivity contribution >= 4 is 16.9 Å². The Labute approximate surface area is 229 Å². The zero-order chi connectivity index (χ0) is 28.9. The standard InChI is InChI=1S/C30H41F2N3O4/c1-27(2,33)20-29(5,34)28(3,4)26(36)38-16-8-13-30(31,32)12-7-15-37-23-11-10-21-17-24(39-25(21)18-23)22-9-6-14-35-19-22/h6,9-11,14,17-19H,7-8,12-13,15-16,20,33-34H2,1-5H3. The highest BCUT2D eigenvalue weighted by atomic mass is 19.3. The van der Waals surface area contributed by atoms with Crippen LogP contribution in [0.15, 0.2) is 53.2 Å². The molecule has 0 amide bonds. The number of hydrogen-bond acceptors (Lipinski definition) is 7. The molecule has 214 valence electrons. The minimum atomic E-state index is -2.89. The van der Waals surface area contributed by atoms with Gasteiger partial charge in [-0.05, 0) is 84.2 Å². The van der Waals surface area contributed by atoms with Crippen LogP contribution in [0, 0.1) is 5.41 Å². The minimum absolute atomic E-state index is 0.0494. The lowest BCUT2D eigenvalue weighted by Gasteiger charge is -2.42. The molecule has 3 rings (SSSR count). The van der Waals surface area contributed by atoms with Crippen LogP contribution in [0.1, 0.15) is 66.7 Å². The zero-order valence-corrected chi connectivity index (χ0v) is 23.6. The van der Waals surface area contributed by atoms with Crippen LogP contribution in [0.3, 0.4) is 0 Å². The van der Waals surface area contributed by atoms with Crippen molar-refractivity contribution in [3.05, 3.63) is 48.8 Å². The minimum Gasteiger partial charge on any atom is -0.493 e. The van der Waals surface area contributed by atoms with E-state index < -0.39 is 28.4 Å². The topological polar surface area (TPSA) is 114 Å². The van der Waals surface area contributed by atoms with Gasteiger partial charge in [0.1, 0.15) is 17.1 Å². The Morgan fingerprint density at radius 2 is 1.69 bits per heavy atom. The Morgan fingerprint density at radius 1 is 1.00 bits per heavy atom. The van der Waals surface area contributed by atoms with Crippen molar-refractivity contribution in [3.63, 3.8) is 0 Å². The van der Waals surface area contributed by atoms with Gasteiger partial charge in [-0.1, -0.05) is 0 Å². The average Bonchev–Trinajstić information content (AvgIpc) is 3.27. The van der Waals surface area contributed by atoms with Crippen LogP contribution in [0.5, 0.6) is 5.75 Å². The predicted molar refractivity (Wildman–Crippen MR) is 149 cm³/mol. The fraction of sp³-hybridized carbons (Fsp3) is 0.533. The Balaban J connectivity index is 1.40. The molecule has 0 bridgehead atoms. The summed E-state index contributed by atoms with van der Waals surface area (Å²) in [5.41, 5.74) is 11.5. The molecule has 2 heterocycles. The van der Waals surface area contributed by atoms with Crippen LogP contribution < -0.4 is 16.2 Å². The number of esters is 1. The second-order valence-electron chi connectivity index (χ2n) is 11.8. The van der Waals surface area contributed by atoms with Crippen molar-refractivity contribution in [2.45, 2.75) is 83.7 Å². The first-order valence-corrected chi connectivity index (χ1v) is 13.3. The van der Waals surface area contributed by atoms with Gasteiger partial charge >= 0.3 is 5.97 Å². The molecule has 0 aliphatic heterocycles. The van der Waals surface area contributed by atoms with E-state index in [9.17, 15) is 13.6 Å². The van der Waals surface area contributed by atoms with Gasteiger partial charge in [-0.2, -0.15) is 0 Å². The van der Waals surface area contributed by atoms with E-state index in [-0.39, 0.29) is 38.9 Å². The maximum Gasteiger partial charge on any atom is 0.313 e. The summed E-state index contributed by atoms with van der Waals surface area (Å²) in [5.74, 6) is -2.16. The number of carbonyl (C=O) groups excluding carboxylic acids is 1. The number of furan rings is 1. The summed E-state index contributed by atoms with van der Waals surface area (Å²) in [6, 6.07) is 11.1. The van der Waals surface area contributed by atoms with Gasteiger partial charge in [0.05, 0.1) is 18.6 Å². The molecule has 2 aromatic heterocycles. The van der Waals surface area contributed by atoms with Crippen molar-refractivity contribution in [1.82, 2.24) is 4.98 Å². The molecule has 1 aromatic carbocycles. The predicted octanol–water partition coefficient (Wildman–Crippen LogP) is 6.48. The van der Waals surface area contributed by atoms with E-state index in [0.29, 0.717) is 23.5 Å². The summed E-state index contributed by atoms with van der Waals surface area (Å²) >= 11 is 0. The summed E-state index contributed by atoms with van der Waals surface area (Å²) in [6.45, 7) is 8.87. The smallest absolute Gasteiger partial charge is 0.313 e. The molecule has 0 saturated heterocycles. The molecule has 7 nitrogen and oxygen atoms in total. The lowest BCUT2D eigenvalue weighted by atomic mass is 9.68. The van der Waals surface area contributed by atoms with Crippen molar-refractivity contribution in [2.75, 3.05) is 13.2 Å². The van der Waals surface area contributed by atoms with Gasteiger partial charge in [0.25, 0.3) is 0 Å². The van der Waals surface area contributed by atoms with E-state index in [0.717, 1.165) is 10.9 Å². The third kappa shape index (κ3) is 8.47. The molecule has 0 aliphatic carbocycles. The first kappa shape index (κ1) is 30.5. The normalized spacial score (nSPS) is 14.3. The number of nitrogens with zero attached hydrogens (tertiary/aromatic N) is 1. The van der Waals surface area contributed by atoms with E-state index in [1.54, 1.807) is 45.3 Å². The fourth-order valence-electron chi connectivity index (χ4n) is 4.47. The van der Waals surface area contributed by atoms with Crippen LogP contribution in [0.25, 0.3) is 22.3 Å². The quantitative estimate of drug-likeness (QED) is 0.176. The number of benzene rings is 1. The number of aromatic nitrogens is 1. The third-order valence-electron chi connectivity index (χ3n) is 7.07. The SMILES string of the molecule is CC(C)(N)CC(C)(N)C(C)(C)C(=O)OCCCC(F)(F)CCCOc1ccc2cc(-c3cccnc3)oc2c1. The van der Waals surface area contributed by atoms with Crippen molar-refractivity contribution in [2.24, 2.45) is 16.9 Å². The fourth-order valence-corrected chi connectivity index (χ4v) is 4.47. The summed E-state index contributed by atoms with van der Waals surface area (Å²) < 4.78 is 45.7. The molecule has 0 aliphatic rings. The number of pyridine rings is 1. The number of nitrogens with two attached hydrogens (primary N) is 2. The van der Waals surface area contributed by atoms with Crippen molar-refractivity contribution in [3.8, 4) is 17.1 Å². The second-order valence-corrected chi connectivity index (χ2v) is 11.8. The Hall–Kier alpha value is -3.04. The molecule has 1 atom stereocenters. The van der Waals surface area contributed by atoms with Crippen LogP contribution in [0.2, 0.25) is 0 Å². The Morgan fingerprint density at radius 3 is 2.33 bits per heavy atom. The van der Waals surface area contributed by atoms with Crippen LogP contribution in [-0.2, 0) is 9.53 Å². The van der Waals surface area contributed by atoms with E-state index in [1.165, 1.54) is 0 Å². The van der Waals surface area contributed by atoms with Crippen LogP contribution in [0.4, 0.5) is 8.78 Å². The van der Waals surface area contributed by atoms with E-state index in [4.69, 9.17) is 25.4 Å². The second kappa shape index (κ2) is 12.0. The summed E-state index contributed by atoms with van der Waals surface area (Å²) in [6.07, 6.45) is 3.33. The number of fused-ring (bicyclic) bond motifs is 1. The number of carbonyl (C=O) groups is 1. The highest BCUT2D eigenvalue weighted by molar-refractivity contribution is 5.83. The average molecular weight is 546 g/mol. The molecule has 0 fully saturated rings. The first-order chi connectivity index (χ1) is 18.1. The van der Waals surface area contributed by atoms with Gasteiger partial charge < -0.3 is 25.4 Å². The van der Waals surface area contributed by atoms with Crippen molar-refractivity contribution in [1.29, 1.82) is 0 Å². The highest BCUT2D eigenvalue weighted by Crippen LogP contribution is 2.36. The Kier molecular flexibility index (Phi) is 9.39. The molecule has 4 N–H and O–H groups in total. The molecule has 0 saturated carbocycles. The lowest BCUT2D eigenvalue weighted by molar-refractivity contribution is -0.159. The van der Waals surface area contributed by atoms with Crippen molar-refractivity contribution < 1.29 is 27.5 Å². The molecule has 0 spiro atoms. The maximum absolute atomic E-state index is 14.4. The number of halogens is 2. The zero-order valence-electron chi connectivity index (χ0n) is 23.6. The highest BCUT2D eigenvalue weighted by Gasteiger charge is 2.47. The molecular weight excluding hydrogens is 504 g/mol. The third-order valence-corrected chi connectivity index (χ3v) is 7.07. The van der Waals surface area contributed by atoms with Crippen LogP contribution in [-0.4, -0.2) is 41.2 Å². The van der Waals surface area contributed by atoms with Crippen LogP contribution >= 0.6 is 0 Å². The number of rotatable bonds is 14. The van der Waals surface area contributed by atoms with Gasteiger partial charge in [0.2, 0.25) is 5.92 Å². The summed E-state index contributed by atoms with van der Waals surface area (Å²) in [4.78, 5) is 16.8. The van der Waals surface area contributed by atoms with Gasteiger partial charge in [0, 0.05) is 53.3 Å². The van der Waals surface area contributed by atoms with E-state index in [1.807, 2.05) is 38.1 Å². The number of ether oxygens (including phenoxy) is 2. The van der Waals surface area contributed by atoms with E-state index in [2.05, 4.69) is 4.98 Å². The summed E-state index contributed by atoms with van der Waals surface area (Å²) in [5, 5.41) is 0.913. The van der Waals surface area contributed by atoms with Gasteiger partial charge in [-0.15, -0.1) is 0 Å². The van der Waals surface area contributed by atoms with E-state index >= 15 is 0 Å². The Bertz CT molecular complexity index is 1230. The molecule has 3 aromatic rings. The van der Waals surface area contributed by atoms with Gasteiger partial charge in [-0.25, -0.2) is 8.78 Å². The summed E-state index contributed by atoms with van der Waals surface area (Å²) in [7, 11) is 0. The van der Waals surface area contributed by atoms with Gasteiger partial charge in [0.15, 0.2) is 0 Å². The molecule has 39 heavy (non-hydrogen) atoms. The lowest BCUT2D eigenvalue weighted by Crippen LogP contribution is -2.59. The molecule has 1 unspecified atom stereocenters. The maximum atomic E-state index is 14.4. The molecule has 9 heteroatoms. The molecular formula is C30H41F2N3O4.